The first kappa shape index (κ1) is 5.38. The van der Waals surface area contributed by atoms with Crippen molar-refractivity contribution in [1.29, 1.82) is 0 Å². The van der Waals surface area contributed by atoms with Crippen LogP contribution in [0.1, 0.15) is 6.92 Å². The van der Waals surface area contributed by atoms with Crippen LogP contribution < -0.4 is 0 Å². The van der Waals surface area contributed by atoms with Gasteiger partial charge >= 0.3 is 38.4 Å². The summed E-state index contributed by atoms with van der Waals surface area (Å²) >= 11 is -0.701. The summed E-state index contributed by atoms with van der Waals surface area (Å²) in [6.07, 6.45) is 0. The van der Waals surface area contributed by atoms with Crippen LogP contribution in [0.2, 0.25) is 4.63 Å². The fourth-order valence-corrected chi connectivity index (χ4v) is 0. The first-order chi connectivity index (χ1) is 2.27. The molecule has 1 nitrogen and oxygen atoms in total. The van der Waals surface area contributed by atoms with Gasteiger partial charge in [-0.3, -0.25) is 0 Å². The second-order valence-electron chi connectivity index (χ2n) is 0.954. The van der Waals surface area contributed by atoms with Gasteiger partial charge < -0.3 is 0 Å². The standard InChI is InChI=1S/C3H6.O.V/c1-3-2;;/h3H,1H2,2H3;;. The number of rotatable bonds is 1. The van der Waals surface area contributed by atoms with Crippen LogP contribution >= 0.6 is 0 Å². The van der Waals surface area contributed by atoms with Crippen LogP contribution in [0.5, 0.6) is 0 Å². The summed E-state index contributed by atoms with van der Waals surface area (Å²) in [6, 6.07) is 0. The molecule has 0 aromatic rings. The molecule has 1 atom stereocenters. The zero-order valence-electron chi connectivity index (χ0n) is 3.14. The van der Waals surface area contributed by atoms with Crippen molar-refractivity contribution in [3.8, 4) is 0 Å². The summed E-state index contributed by atoms with van der Waals surface area (Å²) in [5, 5.41) is 0. The van der Waals surface area contributed by atoms with Gasteiger partial charge in [-0.25, -0.2) is 0 Å². The molecule has 0 saturated carbocycles. The van der Waals surface area contributed by atoms with E-state index in [1.165, 1.54) is 0 Å². The molecule has 0 aliphatic heterocycles. The van der Waals surface area contributed by atoms with Gasteiger partial charge in [0.05, 0.1) is 0 Å². The molecule has 0 bridgehead atoms. The summed E-state index contributed by atoms with van der Waals surface area (Å²) in [5.74, 6) is 0. The Labute approximate surface area is 39.0 Å². The maximum atomic E-state index is 9.66. The summed E-state index contributed by atoms with van der Waals surface area (Å²) in [4.78, 5) is 0. The molecular formula is C3H6OV. The van der Waals surface area contributed by atoms with E-state index in [9.17, 15) is 3.67 Å². The van der Waals surface area contributed by atoms with Crippen molar-refractivity contribution in [3.63, 3.8) is 0 Å². The molecule has 0 aliphatic carbocycles. The van der Waals surface area contributed by atoms with Gasteiger partial charge in [-0.15, -0.1) is 0 Å². The quantitative estimate of drug-likeness (QED) is 0.492. The SMILES string of the molecule is [CH2][CH](C)[V]=[O]. The molecule has 2 heteroatoms. The van der Waals surface area contributed by atoms with Gasteiger partial charge in [-0.2, -0.15) is 0 Å². The molecule has 0 amide bonds. The van der Waals surface area contributed by atoms with E-state index in [1.807, 2.05) is 6.92 Å². The van der Waals surface area contributed by atoms with Crippen molar-refractivity contribution >= 4 is 0 Å². The minimum absolute atomic E-state index is 0.172. The van der Waals surface area contributed by atoms with E-state index in [0.29, 0.717) is 0 Å². The third kappa shape index (κ3) is 4.38. The van der Waals surface area contributed by atoms with E-state index < -0.39 is 16.2 Å². The Kier molecular flexibility index (Phi) is 2.81. The maximum absolute atomic E-state index is 9.66. The normalized spacial score (nSPS) is 8.60. The second-order valence-corrected chi connectivity index (χ2v) is 2.66. The van der Waals surface area contributed by atoms with Crippen LogP contribution in [0.3, 0.4) is 0 Å². The fraction of sp³-hybridized carbons (Fsp3) is 0.667. The average molecular weight is 109 g/mol. The van der Waals surface area contributed by atoms with Gasteiger partial charge in [0.1, 0.15) is 0 Å². The Morgan fingerprint density at radius 2 is 2.20 bits per heavy atom. The molecule has 0 rings (SSSR count). The van der Waals surface area contributed by atoms with Crippen molar-refractivity contribution < 1.29 is 19.9 Å². The summed E-state index contributed by atoms with van der Waals surface area (Å²) in [6.45, 7) is 5.33. The van der Waals surface area contributed by atoms with Crippen LogP contribution in [-0.4, -0.2) is 0 Å². The number of hydrogen-bond acceptors (Lipinski definition) is 1. The van der Waals surface area contributed by atoms with Gasteiger partial charge in [0.2, 0.25) is 0 Å². The third-order valence-corrected chi connectivity index (χ3v) is 0.742. The van der Waals surface area contributed by atoms with Crippen LogP contribution in [-0.2, 0) is 19.9 Å². The predicted octanol–water partition coefficient (Wildman–Crippen LogP) is 1.06. The summed E-state index contributed by atoms with van der Waals surface area (Å²) < 4.78 is 9.83. The molecule has 1 unspecified atom stereocenters. The minimum atomic E-state index is -0.701. The zero-order valence-corrected chi connectivity index (χ0v) is 4.54. The van der Waals surface area contributed by atoms with Gasteiger partial charge in [0, 0.05) is 0 Å². The van der Waals surface area contributed by atoms with Gasteiger partial charge in [-0.05, 0) is 0 Å². The molecule has 29 valence electrons. The van der Waals surface area contributed by atoms with E-state index >= 15 is 0 Å². The Hall–Kier alpha value is 0.384. The van der Waals surface area contributed by atoms with Crippen LogP contribution in [0.25, 0.3) is 0 Å². The molecular weight excluding hydrogens is 103 g/mol. The first-order valence-electron chi connectivity index (χ1n) is 1.43. The van der Waals surface area contributed by atoms with E-state index in [4.69, 9.17) is 0 Å². The van der Waals surface area contributed by atoms with E-state index in [-0.39, 0.29) is 4.63 Å². The molecule has 0 fully saturated rings. The molecule has 0 saturated heterocycles. The van der Waals surface area contributed by atoms with Crippen molar-refractivity contribution in [3.05, 3.63) is 6.92 Å². The van der Waals surface area contributed by atoms with Gasteiger partial charge in [0.25, 0.3) is 0 Å². The zero-order chi connectivity index (χ0) is 4.28. The summed E-state index contributed by atoms with van der Waals surface area (Å²) in [5.41, 5.74) is 0. The topological polar surface area (TPSA) is 17.1 Å². The van der Waals surface area contributed by atoms with Gasteiger partial charge in [0.15, 0.2) is 0 Å². The van der Waals surface area contributed by atoms with Crippen molar-refractivity contribution in [1.82, 2.24) is 0 Å². The Morgan fingerprint density at radius 1 is 2.00 bits per heavy atom. The van der Waals surface area contributed by atoms with E-state index in [1.54, 1.807) is 0 Å². The van der Waals surface area contributed by atoms with Gasteiger partial charge in [-0.1, -0.05) is 0 Å². The molecule has 0 aromatic carbocycles. The third-order valence-electron chi connectivity index (χ3n) is 0.180. The summed E-state index contributed by atoms with van der Waals surface area (Å²) in [7, 11) is 0. The monoisotopic (exact) mass is 109 g/mol. The van der Waals surface area contributed by atoms with Crippen molar-refractivity contribution in [2.45, 2.75) is 11.6 Å². The van der Waals surface area contributed by atoms with Crippen LogP contribution in [0, 0.1) is 6.92 Å². The molecule has 5 heavy (non-hydrogen) atoms. The molecule has 1 radical (unpaired) electrons. The molecule has 0 spiro atoms. The number of hydrogen-bond donors (Lipinski definition) is 0. The Balaban J connectivity index is 2.83. The average Bonchev–Trinajstić information content (AvgIpc) is 1.38. The van der Waals surface area contributed by atoms with Crippen LogP contribution in [0.4, 0.5) is 0 Å². The Morgan fingerprint density at radius 3 is 2.20 bits per heavy atom. The van der Waals surface area contributed by atoms with Crippen molar-refractivity contribution in [2.75, 3.05) is 0 Å². The predicted molar refractivity (Wildman–Crippen MR) is 15.5 cm³/mol. The fourth-order valence-electron chi connectivity index (χ4n) is 0. The van der Waals surface area contributed by atoms with Crippen LogP contribution in [0.15, 0.2) is 0 Å². The Bertz CT molecular complexity index is 33.9. The second kappa shape index (κ2) is 2.61. The molecule has 0 heterocycles. The molecule has 0 aliphatic rings. The first-order valence-corrected chi connectivity index (χ1v) is 2.80. The molecule has 0 N–H and O–H groups in total. The van der Waals surface area contributed by atoms with E-state index in [2.05, 4.69) is 6.92 Å². The van der Waals surface area contributed by atoms with E-state index in [0.717, 1.165) is 0 Å². The molecule has 0 aromatic heterocycles. The van der Waals surface area contributed by atoms with Crippen molar-refractivity contribution in [2.24, 2.45) is 0 Å².